The zero-order chi connectivity index (χ0) is 25.5. The van der Waals surface area contributed by atoms with E-state index in [0.717, 1.165) is 22.7 Å². The SMILES string of the molecule is CC1(C)C[C@@]23C[C@@H](CN2C(=O)c2cc4cccnc4[nH]2)N(C3)C(=O)[C@H]1NC(=O)c1cc2ccccc2[nH]1. The maximum absolute atomic E-state index is 13.8. The molecule has 3 saturated heterocycles. The molecule has 0 radical (unpaired) electrons. The molecule has 3 fully saturated rings. The lowest BCUT2D eigenvalue weighted by atomic mass is 9.73. The van der Waals surface area contributed by atoms with Crippen LogP contribution < -0.4 is 5.32 Å². The zero-order valence-electron chi connectivity index (χ0n) is 20.7. The number of carbonyl (C=O) groups is 3. The molecule has 1 aromatic carbocycles. The molecule has 3 aliphatic heterocycles. The van der Waals surface area contributed by atoms with Crippen molar-refractivity contribution in [1.82, 2.24) is 30.1 Å². The molecule has 0 saturated carbocycles. The third-order valence-corrected chi connectivity index (χ3v) is 8.50. The van der Waals surface area contributed by atoms with E-state index in [1.165, 1.54) is 0 Å². The third-order valence-electron chi connectivity index (χ3n) is 8.50. The average Bonchev–Trinajstić information content (AvgIpc) is 3.64. The summed E-state index contributed by atoms with van der Waals surface area (Å²) in [5.41, 5.74) is 1.47. The first kappa shape index (κ1) is 22.1. The molecule has 1 spiro atoms. The van der Waals surface area contributed by atoms with Gasteiger partial charge in [-0.2, -0.15) is 0 Å². The Bertz CT molecular complexity index is 1540. The lowest BCUT2D eigenvalue weighted by molar-refractivity contribution is -0.136. The van der Waals surface area contributed by atoms with Gasteiger partial charge in [-0.3, -0.25) is 14.4 Å². The highest BCUT2D eigenvalue weighted by atomic mass is 16.2. The van der Waals surface area contributed by atoms with Crippen LogP contribution in [-0.4, -0.2) is 73.2 Å². The summed E-state index contributed by atoms with van der Waals surface area (Å²) in [5.74, 6) is -0.435. The van der Waals surface area contributed by atoms with E-state index in [2.05, 4.69) is 20.3 Å². The van der Waals surface area contributed by atoms with E-state index in [9.17, 15) is 14.4 Å². The van der Waals surface area contributed by atoms with Crippen molar-refractivity contribution in [1.29, 1.82) is 0 Å². The molecule has 0 aliphatic carbocycles. The predicted octanol–water partition coefficient (Wildman–Crippen LogP) is 3.07. The number of amides is 3. The number of likely N-dealkylation sites (tertiary alicyclic amines) is 1. The molecule has 9 heteroatoms. The van der Waals surface area contributed by atoms with E-state index in [1.54, 1.807) is 6.20 Å². The number of hydrogen-bond acceptors (Lipinski definition) is 4. The summed E-state index contributed by atoms with van der Waals surface area (Å²) >= 11 is 0. The fraction of sp³-hybridized carbons (Fsp3) is 0.357. The number of piperazine rings is 1. The van der Waals surface area contributed by atoms with E-state index < -0.39 is 17.0 Å². The molecular weight excluding hydrogens is 468 g/mol. The van der Waals surface area contributed by atoms with Crippen molar-refractivity contribution in [2.45, 2.75) is 44.3 Å². The average molecular weight is 497 g/mol. The first-order chi connectivity index (χ1) is 17.7. The first-order valence-corrected chi connectivity index (χ1v) is 12.7. The highest BCUT2D eigenvalue weighted by molar-refractivity contribution is 6.01. The van der Waals surface area contributed by atoms with Crippen LogP contribution in [0.25, 0.3) is 21.9 Å². The van der Waals surface area contributed by atoms with Crippen LogP contribution in [0.2, 0.25) is 0 Å². The van der Waals surface area contributed by atoms with Gasteiger partial charge >= 0.3 is 0 Å². The van der Waals surface area contributed by atoms with Crippen LogP contribution in [0.3, 0.4) is 0 Å². The Morgan fingerprint density at radius 1 is 1.05 bits per heavy atom. The van der Waals surface area contributed by atoms with Crippen LogP contribution in [0.5, 0.6) is 0 Å². The van der Waals surface area contributed by atoms with Gasteiger partial charge in [0.2, 0.25) is 5.91 Å². The van der Waals surface area contributed by atoms with Crippen molar-refractivity contribution >= 4 is 39.7 Å². The second-order valence-electron chi connectivity index (χ2n) is 11.4. The summed E-state index contributed by atoms with van der Waals surface area (Å²) in [6.07, 6.45) is 3.07. The molecule has 3 atom stereocenters. The summed E-state index contributed by atoms with van der Waals surface area (Å²) in [6.45, 7) is 5.01. The summed E-state index contributed by atoms with van der Waals surface area (Å²) in [5, 5.41) is 4.88. The van der Waals surface area contributed by atoms with Gasteiger partial charge < -0.3 is 25.1 Å². The number of fused-ring (bicyclic) bond motifs is 5. The normalized spacial score (nSPS) is 26.2. The number of benzene rings is 1. The summed E-state index contributed by atoms with van der Waals surface area (Å²) in [6, 6.07) is 14.4. The number of H-pyrrole nitrogens is 2. The summed E-state index contributed by atoms with van der Waals surface area (Å²) in [7, 11) is 0. The Kier molecular flexibility index (Phi) is 4.44. The second-order valence-corrected chi connectivity index (χ2v) is 11.4. The number of pyridine rings is 1. The van der Waals surface area contributed by atoms with Crippen molar-refractivity contribution in [2.24, 2.45) is 5.41 Å². The number of para-hydroxylation sites is 1. The quantitative estimate of drug-likeness (QED) is 0.404. The minimum Gasteiger partial charge on any atom is -0.351 e. The maximum atomic E-state index is 13.8. The number of carbonyl (C=O) groups excluding carboxylic acids is 3. The summed E-state index contributed by atoms with van der Waals surface area (Å²) < 4.78 is 0. The Balaban J connectivity index is 1.18. The highest BCUT2D eigenvalue weighted by Crippen LogP contribution is 2.51. The van der Waals surface area contributed by atoms with Gasteiger partial charge in [-0.1, -0.05) is 32.0 Å². The molecule has 3 amide bonds. The van der Waals surface area contributed by atoms with Crippen molar-refractivity contribution < 1.29 is 14.4 Å². The maximum Gasteiger partial charge on any atom is 0.270 e. The second kappa shape index (κ2) is 7.44. The lowest BCUT2D eigenvalue weighted by Gasteiger charge is -2.42. The lowest BCUT2D eigenvalue weighted by Crippen LogP contribution is -2.57. The van der Waals surface area contributed by atoms with Gasteiger partial charge in [0.15, 0.2) is 0 Å². The number of nitrogens with zero attached hydrogens (tertiary/aromatic N) is 3. The van der Waals surface area contributed by atoms with Crippen molar-refractivity contribution in [2.75, 3.05) is 13.1 Å². The van der Waals surface area contributed by atoms with E-state index >= 15 is 0 Å². The molecule has 3 aliphatic rings. The summed E-state index contributed by atoms with van der Waals surface area (Å²) in [4.78, 5) is 55.3. The molecule has 4 aromatic rings. The van der Waals surface area contributed by atoms with Crippen LogP contribution in [0.15, 0.2) is 54.7 Å². The molecule has 37 heavy (non-hydrogen) atoms. The molecule has 7 rings (SSSR count). The molecule has 9 nitrogen and oxygen atoms in total. The number of rotatable bonds is 3. The Morgan fingerprint density at radius 2 is 1.84 bits per heavy atom. The van der Waals surface area contributed by atoms with Gasteiger partial charge in [-0.15, -0.1) is 0 Å². The van der Waals surface area contributed by atoms with Gasteiger partial charge in [0.25, 0.3) is 11.8 Å². The number of aromatic amines is 2. The number of nitrogens with one attached hydrogen (secondary N) is 3. The minimum atomic E-state index is -0.691. The van der Waals surface area contributed by atoms with Crippen molar-refractivity contribution in [3.05, 3.63) is 66.1 Å². The molecule has 0 unspecified atom stereocenters. The van der Waals surface area contributed by atoms with Gasteiger partial charge in [-0.05, 0) is 48.6 Å². The Labute approximate surface area is 213 Å². The van der Waals surface area contributed by atoms with E-state index in [0.29, 0.717) is 36.5 Å². The largest absolute Gasteiger partial charge is 0.351 e. The standard InChI is InChI=1S/C28H28N6O3/c1-27(2)14-28-12-18(13-34(28)25(36)21-11-17-7-5-9-29-23(17)31-21)33(15-28)26(37)22(27)32-24(35)20-10-16-6-3-4-8-19(16)30-20/h3-11,18,22,30H,12-15H2,1-2H3,(H,29,31)(H,32,35)/t18-,22+,28+/m0/s1. The van der Waals surface area contributed by atoms with Crippen LogP contribution in [0.4, 0.5) is 0 Å². The van der Waals surface area contributed by atoms with Crippen molar-refractivity contribution in [3.63, 3.8) is 0 Å². The van der Waals surface area contributed by atoms with Gasteiger partial charge in [0.05, 0.1) is 11.6 Å². The molecule has 188 valence electrons. The predicted molar refractivity (Wildman–Crippen MR) is 138 cm³/mol. The molecule has 3 aromatic heterocycles. The Morgan fingerprint density at radius 3 is 2.65 bits per heavy atom. The minimum absolute atomic E-state index is 0.0532. The van der Waals surface area contributed by atoms with Crippen molar-refractivity contribution in [3.8, 4) is 0 Å². The van der Waals surface area contributed by atoms with E-state index in [-0.39, 0.29) is 23.8 Å². The molecular formula is C28H28N6O3. The monoisotopic (exact) mass is 496 g/mol. The van der Waals surface area contributed by atoms with Gasteiger partial charge in [-0.25, -0.2) is 4.98 Å². The van der Waals surface area contributed by atoms with E-state index in [1.807, 2.05) is 72.2 Å². The van der Waals surface area contributed by atoms with Crippen LogP contribution in [0, 0.1) is 5.41 Å². The number of hydrogen-bond donors (Lipinski definition) is 3. The van der Waals surface area contributed by atoms with Gasteiger partial charge in [0.1, 0.15) is 23.1 Å². The van der Waals surface area contributed by atoms with Crippen LogP contribution in [-0.2, 0) is 4.79 Å². The fourth-order valence-electron chi connectivity index (χ4n) is 6.93. The fourth-order valence-corrected chi connectivity index (χ4v) is 6.93. The van der Waals surface area contributed by atoms with Crippen LogP contribution >= 0.6 is 0 Å². The molecule has 6 heterocycles. The zero-order valence-corrected chi connectivity index (χ0v) is 20.7. The molecule has 3 N–H and O–H groups in total. The Hall–Kier alpha value is -4.14. The molecule has 3 bridgehead atoms. The topological polar surface area (TPSA) is 114 Å². The van der Waals surface area contributed by atoms with Crippen LogP contribution in [0.1, 0.15) is 47.7 Å². The highest BCUT2D eigenvalue weighted by Gasteiger charge is 2.63. The van der Waals surface area contributed by atoms with E-state index in [4.69, 9.17) is 0 Å². The van der Waals surface area contributed by atoms with Gasteiger partial charge in [0, 0.05) is 35.6 Å². The smallest absolute Gasteiger partial charge is 0.270 e. The first-order valence-electron chi connectivity index (χ1n) is 12.7. The number of aromatic nitrogens is 3. The third kappa shape index (κ3) is 3.22.